The summed E-state index contributed by atoms with van der Waals surface area (Å²) in [6.45, 7) is 9.93. The van der Waals surface area contributed by atoms with E-state index >= 15 is 0 Å². The molecule has 1 heterocycles. The van der Waals surface area contributed by atoms with Gasteiger partial charge in [-0.1, -0.05) is 39.5 Å². The van der Waals surface area contributed by atoms with E-state index in [9.17, 15) is 0 Å². The Morgan fingerprint density at radius 1 is 1.16 bits per heavy atom. The number of hydrogen-bond donors (Lipinski definition) is 3. The molecule has 0 spiro atoms. The SMILES string of the molecule is CSc1nc(NN)cc(NCC(C(C)C)C(C)C)n1. The monoisotopic (exact) mass is 283 g/mol. The molecule has 0 saturated carbocycles. The molecule has 0 unspecified atom stereocenters. The molecule has 0 amide bonds. The van der Waals surface area contributed by atoms with E-state index in [1.807, 2.05) is 12.3 Å². The zero-order valence-electron chi connectivity index (χ0n) is 12.4. The van der Waals surface area contributed by atoms with E-state index in [1.54, 1.807) is 0 Å². The Bertz CT molecular complexity index is 364. The Hall–Kier alpha value is -1.01. The zero-order valence-corrected chi connectivity index (χ0v) is 13.2. The first-order valence-corrected chi connectivity index (χ1v) is 7.84. The van der Waals surface area contributed by atoms with Crippen molar-refractivity contribution in [1.82, 2.24) is 9.97 Å². The lowest BCUT2D eigenvalue weighted by Crippen LogP contribution is -2.25. The van der Waals surface area contributed by atoms with Crippen molar-refractivity contribution in [2.45, 2.75) is 32.9 Å². The van der Waals surface area contributed by atoms with Crippen molar-refractivity contribution >= 4 is 23.4 Å². The molecule has 1 aromatic heterocycles. The van der Waals surface area contributed by atoms with Gasteiger partial charge in [0.2, 0.25) is 0 Å². The van der Waals surface area contributed by atoms with Crippen LogP contribution in [-0.2, 0) is 0 Å². The minimum absolute atomic E-state index is 0.613. The van der Waals surface area contributed by atoms with Crippen LogP contribution in [0.4, 0.5) is 11.6 Å². The van der Waals surface area contributed by atoms with Gasteiger partial charge in [0, 0.05) is 12.6 Å². The lowest BCUT2D eigenvalue weighted by Gasteiger charge is -2.25. The van der Waals surface area contributed by atoms with Crippen molar-refractivity contribution < 1.29 is 0 Å². The van der Waals surface area contributed by atoms with E-state index in [0.717, 1.165) is 12.4 Å². The predicted octanol–water partition coefficient (Wildman–Crippen LogP) is 2.82. The highest BCUT2D eigenvalue weighted by Gasteiger charge is 2.17. The second-order valence-electron chi connectivity index (χ2n) is 5.30. The summed E-state index contributed by atoms with van der Waals surface area (Å²) in [5.41, 5.74) is 2.57. The van der Waals surface area contributed by atoms with Gasteiger partial charge >= 0.3 is 0 Å². The molecular formula is C13H25N5S. The fourth-order valence-corrected chi connectivity index (χ4v) is 2.52. The number of anilines is 2. The van der Waals surface area contributed by atoms with E-state index < -0.39 is 0 Å². The first kappa shape index (κ1) is 16.0. The van der Waals surface area contributed by atoms with Crippen molar-refractivity contribution in [3.63, 3.8) is 0 Å². The standard InChI is InChI=1S/C13H25N5S/c1-8(2)10(9(3)4)7-15-11-6-12(18-14)17-13(16-11)19-5/h6,8-10H,7,14H2,1-5H3,(H2,15,16,17,18). The largest absolute Gasteiger partial charge is 0.370 e. The molecule has 0 atom stereocenters. The van der Waals surface area contributed by atoms with Crippen LogP contribution in [0.15, 0.2) is 11.2 Å². The van der Waals surface area contributed by atoms with Gasteiger partial charge in [0.25, 0.3) is 0 Å². The summed E-state index contributed by atoms with van der Waals surface area (Å²) < 4.78 is 0. The summed E-state index contributed by atoms with van der Waals surface area (Å²) >= 11 is 1.50. The van der Waals surface area contributed by atoms with Crippen LogP contribution in [0.1, 0.15) is 27.7 Å². The zero-order chi connectivity index (χ0) is 14.4. The van der Waals surface area contributed by atoms with Crippen LogP contribution in [0.2, 0.25) is 0 Å². The second kappa shape index (κ2) is 7.55. The van der Waals surface area contributed by atoms with Gasteiger partial charge in [-0.15, -0.1) is 0 Å². The van der Waals surface area contributed by atoms with Gasteiger partial charge in [-0.3, -0.25) is 0 Å². The van der Waals surface area contributed by atoms with Crippen LogP contribution < -0.4 is 16.6 Å². The van der Waals surface area contributed by atoms with Crippen molar-refractivity contribution in [3.8, 4) is 0 Å². The van der Waals surface area contributed by atoms with E-state index in [1.165, 1.54) is 11.8 Å². The van der Waals surface area contributed by atoms with Gasteiger partial charge in [-0.2, -0.15) is 0 Å². The number of nitrogens with zero attached hydrogens (tertiary/aromatic N) is 2. The Balaban J connectivity index is 2.76. The number of thioether (sulfide) groups is 1. The first-order chi connectivity index (χ1) is 8.97. The van der Waals surface area contributed by atoms with E-state index in [0.29, 0.717) is 28.7 Å². The minimum Gasteiger partial charge on any atom is -0.370 e. The topological polar surface area (TPSA) is 75.9 Å². The highest BCUT2D eigenvalue weighted by molar-refractivity contribution is 7.98. The summed E-state index contributed by atoms with van der Waals surface area (Å²) in [4.78, 5) is 8.68. The van der Waals surface area contributed by atoms with Crippen LogP contribution in [0.5, 0.6) is 0 Å². The average Bonchev–Trinajstić information content (AvgIpc) is 2.37. The molecule has 0 bridgehead atoms. The van der Waals surface area contributed by atoms with Gasteiger partial charge in [0.05, 0.1) is 0 Å². The van der Waals surface area contributed by atoms with Crippen molar-refractivity contribution in [3.05, 3.63) is 6.07 Å². The molecular weight excluding hydrogens is 258 g/mol. The van der Waals surface area contributed by atoms with Crippen LogP contribution >= 0.6 is 11.8 Å². The first-order valence-electron chi connectivity index (χ1n) is 6.61. The van der Waals surface area contributed by atoms with Gasteiger partial charge in [-0.05, 0) is 24.0 Å². The number of rotatable bonds is 7. The normalized spacial score (nSPS) is 11.4. The fourth-order valence-electron chi connectivity index (χ4n) is 2.14. The molecule has 0 aliphatic rings. The Morgan fingerprint density at radius 3 is 2.21 bits per heavy atom. The fraction of sp³-hybridized carbons (Fsp3) is 0.692. The highest BCUT2D eigenvalue weighted by Crippen LogP contribution is 2.22. The highest BCUT2D eigenvalue weighted by atomic mass is 32.2. The summed E-state index contributed by atoms with van der Waals surface area (Å²) in [5.74, 6) is 8.76. The summed E-state index contributed by atoms with van der Waals surface area (Å²) in [7, 11) is 0. The number of hydrazine groups is 1. The summed E-state index contributed by atoms with van der Waals surface area (Å²) in [6.07, 6.45) is 1.95. The molecule has 1 aromatic rings. The summed E-state index contributed by atoms with van der Waals surface area (Å²) in [6, 6.07) is 1.83. The predicted molar refractivity (Wildman–Crippen MR) is 83.3 cm³/mol. The molecule has 0 aliphatic carbocycles. The molecule has 0 radical (unpaired) electrons. The van der Waals surface area contributed by atoms with Gasteiger partial charge < -0.3 is 10.7 Å². The maximum atomic E-state index is 5.42. The third-order valence-corrected chi connectivity index (χ3v) is 3.82. The van der Waals surface area contributed by atoms with Gasteiger partial charge in [0.1, 0.15) is 11.6 Å². The van der Waals surface area contributed by atoms with E-state index in [4.69, 9.17) is 5.84 Å². The summed E-state index contributed by atoms with van der Waals surface area (Å²) in [5, 5.41) is 4.11. The molecule has 0 aromatic carbocycles. The molecule has 1 rings (SSSR count). The van der Waals surface area contributed by atoms with Crippen molar-refractivity contribution in [2.75, 3.05) is 23.5 Å². The Kier molecular flexibility index (Phi) is 6.37. The smallest absolute Gasteiger partial charge is 0.191 e. The molecule has 19 heavy (non-hydrogen) atoms. The third kappa shape index (κ3) is 4.87. The Morgan fingerprint density at radius 2 is 1.74 bits per heavy atom. The maximum Gasteiger partial charge on any atom is 0.191 e. The van der Waals surface area contributed by atoms with Crippen molar-refractivity contribution in [1.29, 1.82) is 0 Å². The lowest BCUT2D eigenvalue weighted by molar-refractivity contribution is 0.304. The van der Waals surface area contributed by atoms with E-state index in [2.05, 4.69) is 48.4 Å². The number of aromatic nitrogens is 2. The number of hydrogen-bond acceptors (Lipinski definition) is 6. The lowest BCUT2D eigenvalue weighted by atomic mass is 9.85. The second-order valence-corrected chi connectivity index (χ2v) is 6.08. The molecule has 0 fully saturated rings. The number of nitrogens with two attached hydrogens (primary N) is 1. The molecule has 4 N–H and O–H groups in total. The van der Waals surface area contributed by atoms with Crippen molar-refractivity contribution in [2.24, 2.45) is 23.6 Å². The van der Waals surface area contributed by atoms with Crippen LogP contribution in [0, 0.1) is 17.8 Å². The quantitative estimate of drug-likeness (QED) is 0.309. The third-order valence-electron chi connectivity index (χ3n) is 3.27. The number of nitrogens with one attached hydrogen (secondary N) is 2. The Labute approximate surface area is 120 Å². The maximum absolute atomic E-state index is 5.42. The van der Waals surface area contributed by atoms with Gasteiger partial charge in [-0.25, -0.2) is 15.8 Å². The molecule has 108 valence electrons. The molecule has 6 heteroatoms. The molecule has 0 saturated heterocycles. The molecule has 0 aliphatic heterocycles. The van der Waals surface area contributed by atoms with Crippen LogP contribution in [-0.4, -0.2) is 22.8 Å². The molecule has 5 nitrogen and oxygen atoms in total. The van der Waals surface area contributed by atoms with Crippen LogP contribution in [0.25, 0.3) is 0 Å². The average molecular weight is 283 g/mol. The van der Waals surface area contributed by atoms with Gasteiger partial charge in [0.15, 0.2) is 5.16 Å². The number of nitrogen functional groups attached to an aromatic ring is 1. The van der Waals surface area contributed by atoms with E-state index in [-0.39, 0.29) is 0 Å². The van der Waals surface area contributed by atoms with Crippen LogP contribution in [0.3, 0.4) is 0 Å². The minimum atomic E-state index is 0.613.